The second-order valence-electron chi connectivity index (χ2n) is 6.81. The van der Waals surface area contributed by atoms with Crippen molar-refractivity contribution in [3.05, 3.63) is 45.8 Å². The van der Waals surface area contributed by atoms with E-state index in [1.807, 2.05) is 28.7 Å². The van der Waals surface area contributed by atoms with Crippen LogP contribution in [-0.2, 0) is 13.1 Å². The fourth-order valence-corrected chi connectivity index (χ4v) is 3.82. The first kappa shape index (κ1) is 16.7. The van der Waals surface area contributed by atoms with Crippen LogP contribution in [0.15, 0.2) is 29.0 Å². The molecule has 8 heteroatoms. The third-order valence-electron chi connectivity index (χ3n) is 4.60. The molecular weight excluding hydrogens is 346 g/mol. The quantitative estimate of drug-likeness (QED) is 0.711. The molecule has 3 aromatic rings. The molecule has 1 aliphatic rings. The van der Waals surface area contributed by atoms with Crippen molar-refractivity contribution in [2.45, 2.75) is 33.9 Å². The Hall–Kier alpha value is -2.79. The van der Waals surface area contributed by atoms with Gasteiger partial charge in [-0.2, -0.15) is 15.5 Å². The van der Waals surface area contributed by atoms with E-state index >= 15 is 0 Å². The van der Waals surface area contributed by atoms with E-state index in [1.54, 1.807) is 17.5 Å². The van der Waals surface area contributed by atoms with Crippen molar-refractivity contribution in [3.8, 4) is 6.07 Å². The predicted molar refractivity (Wildman–Crippen MR) is 99.6 cm³/mol. The summed E-state index contributed by atoms with van der Waals surface area (Å²) in [6.07, 6.45) is 5.46. The number of thiazole rings is 1. The second kappa shape index (κ2) is 6.50. The molecule has 1 aliphatic heterocycles. The summed E-state index contributed by atoms with van der Waals surface area (Å²) in [6.45, 7) is 7.74. The van der Waals surface area contributed by atoms with Gasteiger partial charge in [-0.05, 0) is 12.8 Å². The van der Waals surface area contributed by atoms with Gasteiger partial charge < -0.3 is 0 Å². The number of nitrogens with zero attached hydrogens (tertiary/aromatic N) is 7. The van der Waals surface area contributed by atoms with E-state index in [-0.39, 0.29) is 5.92 Å². The van der Waals surface area contributed by atoms with Crippen LogP contribution in [0.25, 0.3) is 0 Å². The Morgan fingerprint density at radius 2 is 2.19 bits per heavy atom. The summed E-state index contributed by atoms with van der Waals surface area (Å²) in [5, 5.41) is 21.2. The van der Waals surface area contributed by atoms with E-state index in [0.29, 0.717) is 23.8 Å². The Kier molecular flexibility index (Phi) is 4.17. The Balaban J connectivity index is 1.69. The number of fused-ring (bicyclic) bond motifs is 1. The summed E-state index contributed by atoms with van der Waals surface area (Å²) < 4.78 is 3.72. The highest BCUT2D eigenvalue weighted by Gasteiger charge is 2.29. The van der Waals surface area contributed by atoms with Crippen LogP contribution in [0.2, 0.25) is 0 Å². The lowest BCUT2D eigenvalue weighted by molar-refractivity contribution is 0.403. The lowest BCUT2D eigenvalue weighted by atomic mass is 9.87. The molecule has 0 fully saturated rings. The number of rotatable bonds is 4. The molecule has 0 N–H and O–H groups in total. The van der Waals surface area contributed by atoms with Gasteiger partial charge in [0.2, 0.25) is 0 Å². The first-order valence-electron chi connectivity index (χ1n) is 8.53. The summed E-state index contributed by atoms with van der Waals surface area (Å²) >= 11 is 1.64. The van der Waals surface area contributed by atoms with E-state index in [2.05, 4.69) is 40.5 Å². The van der Waals surface area contributed by atoms with Crippen molar-refractivity contribution in [3.63, 3.8) is 0 Å². The minimum absolute atomic E-state index is 0.230. The monoisotopic (exact) mass is 365 g/mol. The highest BCUT2D eigenvalue weighted by molar-refractivity contribution is 7.09. The molecule has 0 spiro atoms. The maximum absolute atomic E-state index is 9.29. The highest BCUT2D eigenvalue weighted by Crippen LogP contribution is 2.31. The molecule has 26 heavy (non-hydrogen) atoms. The average Bonchev–Trinajstić information content (AvgIpc) is 3.33. The number of aryl methyl sites for hydroxylation is 1. The molecule has 0 radical (unpaired) electrons. The van der Waals surface area contributed by atoms with E-state index in [0.717, 1.165) is 28.5 Å². The van der Waals surface area contributed by atoms with Crippen molar-refractivity contribution < 1.29 is 0 Å². The smallest absolute Gasteiger partial charge is 0.168 e. The second-order valence-corrected chi connectivity index (χ2v) is 7.87. The normalized spacial score (nSPS) is 16.4. The number of aromatic nitrogens is 5. The Labute approximate surface area is 155 Å². The molecule has 0 saturated heterocycles. The lowest BCUT2D eigenvalue weighted by Gasteiger charge is -2.26. The van der Waals surface area contributed by atoms with Crippen molar-refractivity contribution in [2.24, 2.45) is 16.8 Å². The molecule has 0 bridgehead atoms. The van der Waals surface area contributed by atoms with Gasteiger partial charge in [0.05, 0.1) is 41.9 Å². The van der Waals surface area contributed by atoms with Crippen LogP contribution < -0.4 is 0 Å². The maximum atomic E-state index is 9.29. The van der Waals surface area contributed by atoms with Crippen molar-refractivity contribution in [1.29, 1.82) is 5.26 Å². The van der Waals surface area contributed by atoms with E-state index in [9.17, 15) is 5.26 Å². The fraction of sp³-hybridized carbons (Fsp3) is 0.389. The summed E-state index contributed by atoms with van der Waals surface area (Å²) in [5.74, 6) is 1.27. The van der Waals surface area contributed by atoms with E-state index in [4.69, 9.17) is 4.99 Å². The zero-order valence-corrected chi connectivity index (χ0v) is 15.7. The zero-order valence-electron chi connectivity index (χ0n) is 14.9. The fourth-order valence-electron chi connectivity index (χ4n) is 3.21. The van der Waals surface area contributed by atoms with Gasteiger partial charge >= 0.3 is 0 Å². The number of nitriles is 1. The van der Waals surface area contributed by atoms with Crippen molar-refractivity contribution in [1.82, 2.24) is 24.5 Å². The standard InChI is InChI=1S/C18H19N7S/c1-11(2)16-9-25-18(13(4-19)5-21-25)23-17(16)14-6-20-24(7-14)8-15-10-26-12(3)22-15/h5-7,10-11,16H,8-9H2,1-3H3. The topological polar surface area (TPSA) is 84.7 Å². The van der Waals surface area contributed by atoms with Crippen LogP contribution in [-0.4, -0.2) is 30.3 Å². The maximum Gasteiger partial charge on any atom is 0.168 e. The van der Waals surface area contributed by atoms with Gasteiger partial charge in [-0.1, -0.05) is 13.8 Å². The van der Waals surface area contributed by atoms with Gasteiger partial charge in [-0.25, -0.2) is 14.7 Å². The van der Waals surface area contributed by atoms with Crippen LogP contribution in [0.1, 0.15) is 35.7 Å². The molecule has 1 atom stereocenters. The van der Waals surface area contributed by atoms with E-state index in [1.165, 1.54) is 0 Å². The largest absolute Gasteiger partial charge is 0.266 e. The number of aliphatic imine (C=N–C) groups is 1. The first-order valence-corrected chi connectivity index (χ1v) is 9.41. The Morgan fingerprint density at radius 1 is 1.35 bits per heavy atom. The average molecular weight is 365 g/mol. The first-order chi connectivity index (χ1) is 12.5. The Morgan fingerprint density at radius 3 is 2.88 bits per heavy atom. The van der Waals surface area contributed by atoms with Gasteiger partial charge in [0.25, 0.3) is 0 Å². The molecule has 0 aliphatic carbocycles. The van der Waals surface area contributed by atoms with Crippen molar-refractivity contribution >= 4 is 22.9 Å². The molecule has 7 nitrogen and oxygen atoms in total. The molecule has 4 rings (SSSR count). The number of hydrogen-bond acceptors (Lipinski definition) is 6. The van der Waals surface area contributed by atoms with Crippen LogP contribution in [0.5, 0.6) is 0 Å². The summed E-state index contributed by atoms with van der Waals surface area (Å²) in [5.41, 5.74) is 3.49. The zero-order chi connectivity index (χ0) is 18.3. The van der Waals surface area contributed by atoms with Crippen LogP contribution in [0, 0.1) is 30.1 Å². The summed E-state index contributed by atoms with van der Waals surface area (Å²) in [4.78, 5) is 9.30. The van der Waals surface area contributed by atoms with Gasteiger partial charge in [0, 0.05) is 23.1 Å². The third-order valence-corrected chi connectivity index (χ3v) is 5.43. The predicted octanol–water partition coefficient (Wildman–Crippen LogP) is 3.17. The molecule has 0 amide bonds. The van der Waals surface area contributed by atoms with Gasteiger partial charge in [-0.3, -0.25) is 4.68 Å². The third kappa shape index (κ3) is 2.95. The van der Waals surface area contributed by atoms with Crippen LogP contribution in [0.4, 0.5) is 5.82 Å². The summed E-state index contributed by atoms with van der Waals surface area (Å²) in [7, 11) is 0. The minimum Gasteiger partial charge on any atom is -0.266 e. The van der Waals surface area contributed by atoms with Crippen LogP contribution in [0.3, 0.4) is 0 Å². The van der Waals surface area contributed by atoms with Gasteiger partial charge in [0.15, 0.2) is 5.82 Å². The Bertz CT molecular complexity index is 1010. The molecule has 4 heterocycles. The van der Waals surface area contributed by atoms with Crippen molar-refractivity contribution in [2.75, 3.05) is 0 Å². The van der Waals surface area contributed by atoms with Gasteiger partial charge in [0.1, 0.15) is 11.6 Å². The molecular formula is C18H19N7S. The molecule has 0 aromatic carbocycles. The van der Waals surface area contributed by atoms with Crippen LogP contribution >= 0.6 is 11.3 Å². The molecule has 3 aromatic heterocycles. The molecule has 1 unspecified atom stereocenters. The SMILES string of the molecule is Cc1nc(Cn2cc(C3=Nc4c(C#N)cnn4CC3C(C)C)cn2)cs1. The molecule has 0 saturated carbocycles. The number of hydrogen-bond donors (Lipinski definition) is 0. The van der Waals surface area contributed by atoms with Gasteiger partial charge in [-0.15, -0.1) is 11.3 Å². The van der Waals surface area contributed by atoms with E-state index < -0.39 is 0 Å². The highest BCUT2D eigenvalue weighted by atomic mass is 32.1. The minimum atomic E-state index is 0.230. The summed E-state index contributed by atoms with van der Waals surface area (Å²) in [6, 6.07) is 2.17. The molecule has 132 valence electrons. The lowest BCUT2D eigenvalue weighted by Crippen LogP contribution is -2.29.